The van der Waals surface area contributed by atoms with Gasteiger partial charge in [-0.2, -0.15) is 0 Å². The average molecular weight is 288 g/mol. The fraction of sp³-hybridized carbons (Fsp3) is 0.471. The zero-order valence-corrected chi connectivity index (χ0v) is 12.7. The Kier molecular flexibility index (Phi) is 6.28. The molecule has 4 nitrogen and oxygen atoms in total. The lowest BCUT2D eigenvalue weighted by atomic mass is 10.1. The Morgan fingerprint density at radius 3 is 2.62 bits per heavy atom. The molecule has 1 heterocycles. The summed E-state index contributed by atoms with van der Waals surface area (Å²) in [5.41, 5.74) is 2.10. The highest BCUT2D eigenvalue weighted by Gasteiger charge is 2.10. The van der Waals surface area contributed by atoms with Crippen molar-refractivity contribution in [3.05, 3.63) is 42.2 Å². The third-order valence-electron chi connectivity index (χ3n) is 3.56. The lowest BCUT2D eigenvalue weighted by Gasteiger charge is -2.26. The van der Waals surface area contributed by atoms with Crippen LogP contribution >= 0.6 is 0 Å². The zero-order valence-electron chi connectivity index (χ0n) is 12.7. The molecular weight excluding hydrogens is 264 g/mol. The fourth-order valence-corrected chi connectivity index (χ4v) is 2.46. The third-order valence-corrected chi connectivity index (χ3v) is 3.56. The molecule has 1 N–H and O–H groups in total. The molecule has 1 amide bonds. The molecular formula is C17H24N2O2. The van der Waals surface area contributed by atoms with Crippen LogP contribution in [0.5, 0.6) is 0 Å². The number of nitrogens with zero attached hydrogens (tertiary/aromatic N) is 1. The second kappa shape index (κ2) is 8.47. The molecule has 2 rings (SSSR count). The van der Waals surface area contributed by atoms with Crippen molar-refractivity contribution in [3.63, 3.8) is 0 Å². The molecule has 0 atom stereocenters. The monoisotopic (exact) mass is 288 g/mol. The minimum absolute atomic E-state index is 0.174. The second-order valence-electron chi connectivity index (χ2n) is 5.28. The molecule has 1 aromatic carbocycles. The Labute approximate surface area is 126 Å². The minimum Gasteiger partial charge on any atom is -0.501 e. The van der Waals surface area contributed by atoms with Gasteiger partial charge in [0.2, 0.25) is 0 Å². The maximum Gasteiger partial charge on any atom is 0.251 e. The molecule has 1 saturated heterocycles. The molecule has 0 unspecified atom stereocenters. The molecule has 21 heavy (non-hydrogen) atoms. The molecule has 114 valence electrons. The SMILES string of the molecule is CCO/C=C/C(=O)Nc1ccc(CN2CCCCC2)cc1. The molecule has 0 aromatic heterocycles. The number of benzene rings is 1. The van der Waals surface area contributed by atoms with Crippen molar-refractivity contribution in [2.24, 2.45) is 0 Å². The Hall–Kier alpha value is -1.81. The first-order chi connectivity index (χ1) is 10.3. The number of anilines is 1. The number of likely N-dealkylation sites (tertiary alicyclic amines) is 1. The summed E-state index contributed by atoms with van der Waals surface area (Å²) in [4.78, 5) is 14.1. The highest BCUT2D eigenvalue weighted by Crippen LogP contribution is 2.15. The van der Waals surface area contributed by atoms with E-state index < -0.39 is 0 Å². The van der Waals surface area contributed by atoms with E-state index in [4.69, 9.17) is 4.74 Å². The van der Waals surface area contributed by atoms with E-state index in [2.05, 4.69) is 22.3 Å². The van der Waals surface area contributed by atoms with Crippen molar-refractivity contribution in [2.45, 2.75) is 32.7 Å². The molecule has 1 aliphatic heterocycles. The van der Waals surface area contributed by atoms with Crippen molar-refractivity contribution in [2.75, 3.05) is 25.0 Å². The van der Waals surface area contributed by atoms with Gasteiger partial charge in [0.25, 0.3) is 5.91 Å². The number of hydrogen-bond donors (Lipinski definition) is 1. The van der Waals surface area contributed by atoms with Gasteiger partial charge in [0.05, 0.1) is 12.9 Å². The average Bonchev–Trinajstić information content (AvgIpc) is 2.51. The molecule has 0 aliphatic carbocycles. The minimum atomic E-state index is -0.174. The van der Waals surface area contributed by atoms with Crippen LogP contribution in [0.25, 0.3) is 0 Å². The van der Waals surface area contributed by atoms with Crippen molar-refractivity contribution >= 4 is 11.6 Å². The fourth-order valence-electron chi connectivity index (χ4n) is 2.46. The van der Waals surface area contributed by atoms with Gasteiger partial charge in [-0.1, -0.05) is 18.6 Å². The van der Waals surface area contributed by atoms with Crippen LogP contribution in [0.2, 0.25) is 0 Å². The van der Waals surface area contributed by atoms with E-state index in [1.54, 1.807) is 0 Å². The van der Waals surface area contributed by atoms with Crippen LogP contribution in [0, 0.1) is 0 Å². The zero-order chi connectivity index (χ0) is 14.9. The van der Waals surface area contributed by atoms with Crippen LogP contribution in [0.15, 0.2) is 36.6 Å². The number of hydrogen-bond acceptors (Lipinski definition) is 3. The maximum absolute atomic E-state index is 11.6. The van der Waals surface area contributed by atoms with Crippen molar-refractivity contribution in [1.82, 2.24) is 4.90 Å². The Bertz CT molecular complexity index is 462. The molecule has 0 saturated carbocycles. The van der Waals surface area contributed by atoms with Gasteiger partial charge in [-0.25, -0.2) is 0 Å². The van der Waals surface area contributed by atoms with E-state index in [1.807, 2.05) is 19.1 Å². The number of rotatable bonds is 6. The summed E-state index contributed by atoms with van der Waals surface area (Å²) in [6.07, 6.45) is 6.78. The summed E-state index contributed by atoms with van der Waals surface area (Å²) in [6.45, 7) is 5.83. The van der Waals surface area contributed by atoms with Gasteiger partial charge in [0.15, 0.2) is 0 Å². The summed E-state index contributed by atoms with van der Waals surface area (Å²) in [6, 6.07) is 8.06. The van der Waals surface area contributed by atoms with E-state index in [9.17, 15) is 4.79 Å². The Morgan fingerprint density at radius 2 is 1.95 bits per heavy atom. The molecule has 0 spiro atoms. The highest BCUT2D eigenvalue weighted by molar-refractivity contribution is 5.99. The summed E-state index contributed by atoms with van der Waals surface area (Å²) < 4.78 is 5.00. The number of carbonyl (C=O) groups excluding carboxylic acids is 1. The Balaban J connectivity index is 1.82. The van der Waals surface area contributed by atoms with E-state index in [0.717, 1.165) is 12.2 Å². The largest absolute Gasteiger partial charge is 0.501 e. The van der Waals surface area contributed by atoms with Crippen molar-refractivity contribution in [3.8, 4) is 0 Å². The van der Waals surface area contributed by atoms with E-state index in [-0.39, 0.29) is 5.91 Å². The van der Waals surface area contributed by atoms with Crippen molar-refractivity contribution < 1.29 is 9.53 Å². The smallest absolute Gasteiger partial charge is 0.251 e. The van der Waals surface area contributed by atoms with E-state index in [1.165, 1.54) is 50.3 Å². The Morgan fingerprint density at radius 1 is 1.24 bits per heavy atom. The number of piperidine rings is 1. The summed E-state index contributed by atoms with van der Waals surface area (Å²) in [5, 5.41) is 2.81. The van der Waals surface area contributed by atoms with Gasteiger partial charge in [-0.15, -0.1) is 0 Å². The standard InChI is InChI=1S/C17H24N2O2/c1-2-21-13-10-17(20)18-16-8-6-15(7-9-16)14-19-11-4-3-5-12-19/h6-10,13H,2-5,11-12,14H2,1H3,(H,18,20)/b13-10+. The number of carbonyl (C=O) groups is 1. The van der Waals surface area contributed by atoms with Gasteiger partial charge in [0, 0.05) is 18.3 Å². The summed E-state index contributed by atoms with van der Waals surface area (Å²) in [7, 11) is 0. The highest BCUT2D eigenvalue weighted by atomic mass is 16.5. The molecule has 1 aliphatic rings. The predicted octanol–water partition coefficient (Wildman–Crippen LogP) is 3.16. The molecule has 1 fully saturated rings. The van der Waals surface area contributed by atoms with Gasteiger partial charge in [-0.3, -0.25) is 9.69 Å². The van der Waals surface area contributed by atoms with Crippen molar-refractivity contribution in [1.29, 1.82) is 0 Å². The first-order valence-electron chi connectivity index (χ1n) is 7.68. The molecule has 1 aromatic rings. The van der Waals surface area contributed by atoms with Gasteiger partial charge in [-0.05, 0) is 50.6 Å². The topological polar surface area (TPSA) is 41.6 Å². The lowest BCUT2D eigenvalue weighted by Crippen LogP contribution is -2.29. The second-order valence-corrected chi connectivity index (χ2v) is 5.28. The van der Waals surface area contributed by atoms with Crippen LogP contribution in [0.4, 0.5) is 5.69 Å². The van der Waals surface area contributed by atoms with Crippen LogP contribution in [0.1, 0.15) is 31.7 Å². The van der Waals surface area contributed by atoms with Gasteiger partial charge < -0.3 is 10.1 Å². The molecule has 0 radical (unpaired) electrons. The third kappa shape index (κ3) is 5.60. The van der Waals surface area contributed by atoms with Crippen LogP contribution in [-0.2, 0) is 16.1 Å². The number of amides is 1. The van der Waals surface area contributed by atoms with Crippen LogP contribution in [0.3, 0.4) is 0 Å². The number of nitrogens with one attached hydrogen (secondary N) is 1. The maximum atomic E-state index is 11.6. The van der Waals surface area contributed by atoms with Crippen LogP contribution in [-0.4, -0.2) is 30.5 Å². The van der Waals surface area contributed by atoms with E-state index in [0.29, 0.717) is 6.61 Å². The summed E-state index contributed by atoms with van der Waals surface area (Å²) in [5.74, 6) is -0.174. The lowest BCUT2D eigenvalue weighted by molar-refractivity contribution is -0.112. The predicted molar refractivity (Wildman–Crippen MR) is 85.0 cm³/mol. The first-order valence-corrected chi connectivity index (χ1v) is 7.68. The van der Waals surface area contributed by atoms with Gasteiger partial charge >= 0.3 is 0 Å². The summed E-state index contributed by atoms with van der Waals surface area (Å²) >= 11 is 0. The number of ether oxygens (including phenoxy) is 1. The first kappa shape index (κ1) is 15.6. The van der Waals surface area contributed by atoms with E-state index >= 15 is 0 Å². The quantitative estimate of drug-likeness (QED) is 0.646. The normalized spacial score (nSPS) is 16.0. The van der Waals surface area contributed by atoms with Gasteiger partial charge in [0.1, 0.15) is 0 Å². The van der Waals surface area contributed by atoms with Crippen LogP contribution < -0.4 is 5.32 Å². The molecule has 0 bridgehead atoms. The molecule has 4 heteroatoms.